The molecule has 7 nitrogen and oxygen atoms in total. The fraction of sp³-hybridized carbons (Fsp3) is 0.348. The fourth-order valence-corrected chi connectivity index (χ4v) is 3.57. The van der Waals surface area contributed by atoms with Crippen LogP contribution in [0.3, 0.4) is 0 Å². The first-order valence-electron chi connectivity index (χ1n) is 10.2. The number of aryl methyl sites for hydroxylation is 3. The third kappa shape index (κ3) is 4.91. The van der Waals surface area contributed by atoms with Crippen molar-refractivity contribution in [2.75, 3.05) is 12.3 Å². The number of nitrogens with zero attached hydrogens (tertiary/aromatic N) is 2. The zero-order valence-electron chi connectivity index (χ0n) is 17.4. The summed E-state index contributed by atoms with van der Waals surface area (Å²) in [6, 6.07) is 6.46. The van der Waals surface area contributed by atoms with Gasteiger partial charge >= 0.3 is 0 Å². The van der Waals surface area contributed by atoms with Gasteiger partial charge in [-0.1, -0.05) is 18.6 Å². The van der Waals surface area contributed by atoms with Crippen LogP contribution < -0.4 is 11.3 Å². The summed E-state index contributed by atoms with van der Waals surface area (Å²) >= 11 is 0. The van der Waals surface area contributed by atoms with Crippen molar-refractivity contribution < 1.29 is 19.5 Å². The predicted molar refractivity (Wildman–Crippen MR) is 116 cm³/mol. The number of Topliss-reactive ketones (excluding diaryl/α,β-unsaturated/α-hetero) is 1. The highest BCUT2D eigenvalue weighted by Gasteiger charge is 2.22. The molecule has 31 heavy (non-hydrogen) atoms. The molecule has 3 aromatic rings. The minimum Gasteiger partial charge on any atom is -0.423 e. The van der Waals surface area contributed by atoms with Crippen LogP contribution in [0.2, 0.25) is 0 Å². The average Bonchev–Trinajstić information content (AvgIpc) is 2.74. The Balaban J connectivity index is 1.89. The molecule has 3 rings (SSSR count). The minimum absolute atomic E-state index is 0.0252. The molecule has 0 amide bonds. The molecule has 0 saturated heterocycles. The van der Waals surface area contributed by atoms with Crippen LogP contribution in [0.1, 0.15) is 52.7 Å². The summed E-state index contributed by atoms with van der Waals surface area (Å²) in [6.45, 7) is 1.91. The molecule has 0 aliphatic heterocycles. The van der Waals surface area contributed by atoms with E-state index in [1.54, 1.807) is 31.3 Å². The highest BCUT2D eigenvalue weighted by molar-refractivity contribution is 6.06. The van der Waals surface area contributed by atoms with Crippen LogP contribution in [0.5, 0.6) is 0 Å². The molecule has 0 spiro atoms. The number of halogens is 1. The monoisotopic (exact) mass is 427 g/mol. The number of rotatable bonds is 9. The van der Waals surface area contributed by atoms with Gasteiger partial charge < -0.3 is 16.0 Å². The molecular weight excluding hydrogens is 401 g/mol. The number of hydrogen-bond donors (Lipinski definition) is 3. The summed E-state index contributed by atoms with van der Waals surface area (Å²) < 4.78 is 14.4. The van der Waals surface area contributed by atoms with Crippen LogP contribution in [0.25, 0.3) is 11.0 Å². The quantitative estimate of drug-likeness (QED) is 0.274. The Hall–Kier alpha value is -3.26. The summed E-state index contributed by atoms with van der Waals surface area (Å²) in [4.78, 5) is 29.5. The second-order valence-electron chi connectivity index (χ2n) is 7.67. The molecule has 0 saturated carbocycles. The summed E-state index contributed by atoms with van der Waals surface area (Å²) in [5.74, 6) is -0.977. The van der Waals surface area contributed by atoms with E-state index in [4.69, 9.17) is 10.8 Å². The summed E-state index contributed by atoms with van der Waals surface area (Å²) in [5, 5.41) is 19.4. The molecular formula is C23H26FN3O4. The highest BCUT2D eigenvalue weighted by Crippen LogP contribution is 2.24. The van der Waals surface area contributed by atoms with Gasteiger partial charge in [0.2, 0.25) is 0 Å². The van der Waals surface area contributed by atoms with E-state index in [-0.39, 0.29) is 36.3 Å². The van der Waals surface area contributed by atoms with Gasteiger partial charge in [-0.15, -0.1) is 4.73 Å². The Kier molecular flexibility index (Phi) is 7.02. The topological polar surface area (TPSA) is 118 Å². The number of aliphatic hydroxyl groups excluding tert-OH is 1. The van der Waals surface area contributed by atoms with Crippen molar-refractivity contribution in [1.29, 1.82) is 0 Å². The first kappa shape index (κ1) is 22.4. The first-order chi connectivity index (χ1) is 14.8. The molecule has 0 atom stereocenters. The van der Waals surface area contributed by atoms with Gasteiger partial charge in [0, 0.05) is 24.6 Å². The summed E-state index contributed by atoms with van der Waals surface area (Å²) in [5.41, 5.74) is 6.82. The second-order valence-corrected chi connectivity index (χ2v) is 7.67. The van der Waals surface area contributed by atoms with E-state index in [9.17, 15) is 19.2 Å². The number of anilines is 1. The molecule has 0 aliphatic rings. The number of carbonyl (C=O) groups is 1. The maximum absolute atomic E-state index is 14.1. The van der Waals surface area contributed by atoms with E-state index in [1.165, 1.54) is 6.07 Å². The van der Waals surface area contributed by atoms with E-state index >= 15 is 0 Å². The van der Waals surface area contributed by atoms with Gasteiger partial charge in [0.05, 0.1) is 5.69 Å². The van der Waals surface area contributed by atoms with Gasteiger partial charge in [-0.2, -0.15) is 0 Å². The second kappa shape index (κ2) is 9.70. The summed E-state index contributed by atoms with van der Waals surface area (Å²) in [6.07, 6.45) is 4.61. The molecule has 4 N–H and O–H groups in total. The maximum Gasteiger partial charge on any atom is 0.297 e. The Bertz CT molecular complexity index is 1170. The van der Waals surface area contributed by atoms with E-state index in [1.807, 2.05) is 0 Å². The molecule has 0 bridgehead atoms. The SMILES string of the molecule is Cc1ccc(CCC(=O)c2c(N)c3cc(CCCCCO)cnc3n(O)c2=O)c(F)c1. The molecule has 0 aliphatic carbocycles. The van der Waals surface area contributed by atoms with Gasteiger partial charge in [-0.25, -0.2) is 9.37 Å². The third-order valence-electron chi connectivity index (χ3n) is 5.32. The third-order valence-corrected chi connectivity index (χ3v) is 5.32. The first-order valence-corrected chi connectivity index (χ1v) is 10.2. The van der Waals surface area contributed by atoms with Crippen molar-refractivity contribution >= 4 is 22.5 Å². The number of aromatic nitrogens is 2. The number of pyridine rings is 2. The lowest BCUT2D eigenvalue weighted by atomic mass is 9.99. The zero-order valence-corrected chi connectivity index (χ0v) is 17.4. The number of nitrogens with two attached hydrogens (primary N) is 1. The van der Waals surface area contributed by atoms with E-state index in [0.29, 0.717) is 28.5 Å². The van der Waals surface area contributed by atoms with Crippen LogP contribution in [0.4, 0.5) is 10.1 Å². The smallest absolute Gasteiger partial charge is 0.297 e. The van der Waals surface area contributed by atoms with Crippen molar-refractivity contribution in [3.63, 3.8) is 0 Å². The van der Waals surface area contributed by atoms with E-state index < -0.39 is 17.2 Å². The largest absolute Gasteiger partial charge is 0.423 e. The highest BCUT2D eigenvalue weighted by atomic mass is 19.1. The predicted octanol–water partition coefficient (Wildman–Crippen LogP) is 3.18. The number of benzene rings is 1. The maximum atomic E-state index is 14.1. The molecule has 0 radical (unpaired) electrons. The van der Waals surface area contributed by atoms with Crippen LogP contribution in [-0.4, -0.2) is 32.4 Å². The fourth-order valence-electron chi connectivity index (χ4n) is 3.57. The van der Waals surface area contributed by atoms with Gasteiger partial charge in [0.1, 0.15) is 11.4 Å². The molecule has 0 unspecified atom stereocenters. The standard InChI is InChI=1S/C23H26FN3O4/c1-14-6-7-16(18(24)11-14)8-9-19(29)20-21(25)17-12-15(5-3-2-4-10-28)13-26-22(17)27(31)23(20)30/h6-7,11-13,28,31H,2-5,8-10,25H2,1H3. The van der Waals surface area contributed by atoms with Crippen LogP contribution in [0, 0.1) is 12.7 Å². The Morgan fingerprint density at radius 3 is 2.68 bits per heavy atom. The van der Waals surface area contributed by atoms with Crippen LogP contribution in [-0.2, 0) is 12.8 Å². The van der Waals surface area contributed by atoms with Crippen molar-refractivity contribution in [3.8, 4) is 0 Å². The van der Waals surface area contributed by atoms with Crippen molar-refractivity contribution in [2.24, 2.45) is 0 Å². The van der Waals surface area contributed by atoms with Crippen molar-refractivity contribution in [1.82, 2.24) is 9.71 Å². The number of ketones is 1. The van der Waals surface area contributed by atoms with Gasteiger partial charge in [0.15, 0.2) is 11.4 Å². The molecule has 1 aromatic carbocycles. The van der Waals surface area contributed by atoms with Gasteiger partial charge in [0.25, 0.3) is 5.56 Å². The molecule has 2 aromatic heterocycles. The number of unbranched alkanes of at least 4 members (excludes halogenated alkanes) is 2. The van der Waals surface area contributed by atoms with Gasteiger partial charge in [-0.05, 0) is 61.4 Å². The Labute approximate surface area is 178 Å². The van der Waals surface area contributed by atoms with Gasteiger partial charge in [-0.3, -0.25) is 9.59 Å². The lowest BCUT2D eigenvalue weighted by Gasteiger charge is -2.12. The Morgan fingerprint density at radius 2 is 1.97 bits per heavy atom. The van der Waals surface area contributed by atoms with Crippen molar-refractivity contribution in [3.05, 3.63) is 68.9 Å². The zero-order chi connectivity index (χ0) is 22.5. The number of carbonyl (C=O) groups excluding carboxylic acids is 1. The summed E-state index contributed by atoms with van der Waals surface area (Å²) in [7, 11) is 0. The Morgan fingerprint density at radius 1 is 1.19 bits per heavy atom. The lowest BCUT2D eigenvalue weighted by molar-refractivity contribution is 0.0976. The minimum atomic E-state index is -0.942. The molecule has 0 fully saturated rings. The molecule has 164 valence electrons. The number of nitrogen functional groups attached to an aromatic ring is 1. The normalized spacial score (nSPS) is 11.2. The van der Waals surface area contributed by atoms with Crippen molar-refractivity contribution in [2.45, 2.75) is 45.4 Å². The van der Waals surface area contributed by atoms with Crippen LogP contribution >= 0.6 is 0 Å². The molecule has 2 heterocycles. The number of aliphatic hydroxyl groups is 1. The average molecular weight is 427 g/mol. The van der Waals surface area contributed by atoms with Crippen LogP contribution in [0.15, 0.2) is 35.3 Å². The molecule has 8 heteroatoms. The lowest BCUT2D eigenvalue weighted by Crippen LogP contribution is -2.28. The number of fused-ring (bicyclic) bond motifs is 1. The van der Waals surface area contributed by atoms with E-state index in [0.717, 1.165) is 24.0 Å². The number of hydrogen-bond acceptors (Lipinski definition) is 6. The van der Waals surface area contributed by atoms with E-state index in [2.05, 4.69) is 4.98 Å².